The maximum atomic E-state index is 2.51. The first-order valence-electron chi connectivity index (χ1n) is 4.86. The van der Waals surface area contributed by atoms with Crippen molar-refractivity contribution in [2.24, 2.45) is 17.3 Å². The molecular weight excluding hydrogens is 144 g/mol. The molecule has 3 rings (SSSR count). The summed E-state index contributed by atoms with van der Waals surface area (Å²) in [6, 6.07) is 0. The molecule has 0 saturated heterocycles. The molecule has 0 nitrogen and oxygen atoms in total. The van der Waals surface area contributed by atoms with E-state index >= 15 is 0 Å². The third-order valence-electron chi connectivity index (χ3n) is 3.83. The molecule has 1 fully saturated rings. The minimum Gasteiger partial charge on any atom is -0.0802 e. The van der Waals surface area contributed by atoms with E-state index in [0.717, 1.165) is 11.8 Å². The van der Waals surface area contributed by atoms with Gasteiger partial charge in [0.15, 0.2) is 0 Å². The second-order valence-electron chi connectivity index (χ2n) is 4.49. The summed E-state index contributed by atoms with van der Waals surface area (Å²) in [4.78, 5) is 0. The zero-order valence-corrected chi connectivity index (χ0v) is 7.46. The fourth-order valence-electron chi connectivity index (χ4n) is 3.17. The Morgan fingerprint density at radius 1 is 1.42 bits per heavy atom. The van der Waals surface area contributed by atoms with Crippen LogP contribution in [0.25, 0.3) is 0 Å². The monoisotopic (exact) mass is 158 g/mol. The van der Waals surface area contributed by atoms with E-state index in [9.17, 15) is 0 Å². The van der Waals surface area contributed by atoms with Crippen LogP contribution in [0, 0.1) is 17.3 Å². The standard InChI is InChI=1S/C12H14/c1-9-7-12-5-3-2-4-11(12)6-10(9)8-12/h2-5,7,10-11H,6,8H2,1H3. The Balaban J connectivity index is 2.12. The molecule has 2 bridgehead atoms. The molecule has 3 aliphatic rings. The molecule has 0 heterocycles. The van der Waals surface area contributed by atoms with Crippen molar-refractivity contribution < 1.29 is 0 Å². The lowest BCUT2D eigenvalue weighted by Gasteiger charge is -2.29. The van der Waals surface area contributed by atoms with Crippen molar-refractivity contribution >= 4 is 0 Å². The maximum Gasteiger partial charge on any atom is 0.0135 e. The van der Waals surface area contributed by atoms with E-state index in [0.29, 0.717) is 5.41 Å². The second-order valence-corrected chi connectivity index (χ2v) is 4.49. The fraction of sp³-hybridized carbons (Fsp3) is 0.500. The Kier molecular flexibility index (Phi) is 1.08. The highest BCUT2D eigenvalue weighted by atomic mass is 14.5. The molecule has 3 atom stereocenters. The Morgan fingerprint density at radius 3 is 3.17 bits per heavy atom. The number of fused-ring (bicyclic) bond motifs is 1. The van der Waals surface area contributed by atoms with Crippen molar-refractivity contribution in [3.63, 3.8) is 0 Å². The van der Waals surface area contributed by atoms with Crippen molar-refractivity contribution in [2.75, 3.05) is 0 Å². The van der Waals surface area contributed by atoms with Crippen molar-refractivity contribution in [3.05, 3.63) is 36.0 Å². The van der Waals surface area contributed by atoms with Crippen LogP contribution < -0.4 is 0 Å². The van der Waals surface area contributed by atoms with Gasteiger partial charge in [0.1, 0.15) is 0 Å². The molecule has 0 aromatic carbocycles. The molecule has 3 aliphatic carbocycles. The van der Waals surface area contributed by atoms with E-state index in [1.165, 1.54) is 12.8 Å². The summed E-state index contributed by atoms with van der Waals surface area (Å²) >= 11 is 0. The number of rotatable bonds is 0. The lowest BCUT2D eigenvalue weighted by atomic mass is 9.75. The van der Waals surface area contributed by atoms with Gasteiger partial charge in [-0.05, 0) is 31.6 Å². The van der Waals surface area contributed by atoms with Gasteiger partial charge in [-0.25, -0.2) is 0 Å². The fourth-order valence-corrected chi connectivity index (χ4v) is 3.17. The number of allylic oxidation sites excluding steroid dienone is 6. The zero-order valence-electron chi connectivity index (χ0n) is 7.46. The van der Waals surface area contributed by atoms with Crippen LogP contribution in [0.15, 0.2) is 36.0 Å². The lowest BCUT2D eigenvalue weighted by molar-refractivity contribution is 0.418. The van der Waals surface area contributed by atoms with Crippen molar-refractivity contribution in [1.29, 1.82) is 0 Å². The topological polar surface area (TPSA) is 0 Å². The zero-order chi connectivity index (χ0) is 8.18. The van der Waals surface area contributed by atoms with Crippen LogP contribution in [0.5, 0.6) is 0 Å². The van der Waals surface area contributed by atoms with Crippen molar-refractivity contribution in [2.45, 2.75) is 19.8 Å². The van der Waals surface area contributed by atoms with E-state index in [1.807, 2.05) is 0 Å². The van der Waals surface area contributed by atoms with Crippen LogP contribution in [0.3, 0.4) is 0 Å². The van der Waals surface area contributed by atoms with E-state index in [1.54, 1.807) is 5.57 Å². The summed E-state index contributed by atoms with van der Waals surface area (Å²) in [5.41, 5.74) is 2.08. The van der Waals surface area contributed by atoms with Gasteiger partial charge in [-0.3, -0.25) is 0 Å². The Labute approximate surface area is 73.7 Å². The summed E-state index contributed by atoms with van der Waals surface area (Å²) in [7, 11) is 0. The van der Waals surface area contributed by atoms with Gasteiger partial charge in [0.05, 0.1) is 0 Å². The summed E-state index contributed by atoms with van der Waals surface area (Å²) in [5.74, 6) is 1.71. The van der Waals surface area contributed by atoms with Gasteiger partial charge in [0, 0.05) is 5.41 Å². The molecule has 0 aliphatic heterocycles. The van der Waals surface area contributed by atoms with E-state index in [2.05, 4.69) is 37.3 Å². The first-order chi connectivity index (χ1) is 5.80. The molecule has 0 N–H and O–H groups in total. The van der Waals surface area contributed by atoms with E-state index < -0.39 is 0 Å². The van der Waals surface area contributed by atoms with Gasteiger partial charge < -0.3 is 0 Å². The average Bonchev–Trinajstić information content (AvgIpc) is 2.55. The molecule has 3 unspecified atom stereocenters. The SMILES string of the molecule is CC1=CC23C=CC=CC2CC1C3. The van der Waals surface area contributed by atoms with Crippen LogP contribution in [0.1, 0.15) is 19.8 Å². The third-order valence-corrected chi connectivity index (χ3v) is 3.83. The summed E-state index contributed by atoms with van der Waals surface area (Å²) in [6.45, 7) is 2.29. The average molecular weight is 158 g/mol. The minimum atomic E-state index is 0.448. The van der Waals surface area contributed by atoms with Crippen molar-refractivity contribution in [3.8, 4) is 0 Å². The normalized spacial score (nSPS) is 47.9. The summed E-state index contributed by atoms with van der Waals surface area (Å²) in [6.07, 6.45) is 14.5. The van der Waals surface area contributed by atoms with Crippen LogP contribution in [-0.2, 0) is 0 Å². The smallest absolute Gasteiger partial charge is 0.0135 e. The molecule has 0 aromatic rings. The molecule has 0 aromatic heterocycles. The Bertz CT molecular complexity index is 306. The largest absolute Gasteiger partial charge is 0.0802 e. The van der Waals surface area contributed by atoms with Gasteiger partial charge in [0.25, 0.3) is 0 Å². The highest BCUT2D eigenvalue weighted by Crippen LogP contribution is 2.58. The molecular formula is C12H14. The highest BCUT2D eigenvalue weighted by molar-refractivity contribution is 5.36. The first-order valence-corrected chi connectivity index (χ1v) is 4.86. The number of hydrogen-bond donors (Lipinski definition) is 0. The maximum absolute atomic E-state index is 2.51. The molecule has 1 saturated carbocycles. The van der Waals surface area contributed by atoms with Gasteiger partial charge in [-0.1, -0.05) is 36.0 Å². The predicted molar refractivity (Wildman–Crippen MR) is 50.7 cm³/mol. The van der Waals surface area contributed by atoms with Crippen LogP contribution >= 0.6 is 0 Å². The molecule has 1 spiro atoms. The Hall–Kier alpha value is -0.780. The van der Waals surface area contributed by atoms with E-state index in [4.69, 9.17) is 0 Å². The van der Waals surface area contributed by atoms with Crippen LogP contribution in [0.2, 0.25) is 0 Å². The molecule has 0 radical (unpaired) electrons. The molecule has 0 amide bonds. The van der Waals surface area contributed by atoms with Gasteiger partial charge in [-0.15, -0.1) is 0 Å². The minimum absolute atomic E-state index is 0.448. The van der Waals surface area contributed by atoms with Crippen LogP contribution in [-0.4, -0.2) is 0 Å². The summed E-state index contributed by atoms with van der Waals surface area (Å²) < 4.78 is 0. The van der Waals surface area contributed by atoms with Gasteiger partial charge >= 0.3 is 0 Å². The molecule has 0 heteroatoms. The molecule has 62 valence electrons. The number of hydrogen-bond acceptors (Lipinski definition) is 0. The second kappa shape index (κ2) is 1.93. The van der Waals surface area contributed by atoms with Gasteiger partial charge in [0.2, 0.25) is 0 Å². The lowest BCUT2D eigenvalue weighted by Crippen LogP contribution is -2.20. The summed E-state index contributed by atoms with van der Waals surface area (Å²) in [5, 5.41) is 0. The van der Waals surface area contributed by atoms with Crippen molar-refractivity contribution in [1.82, 2.24) is 0 Å². The van der Waals surface area contributed by atoms with E-state index in [-0.39, 0.29) is 0 Å². The Morgan fingerprint density at radius 2 is 2.33 bits per heavy atom. The predicted octanol–water partition coefficient (Wildman–Crippen LogP) is 3.08. The van der Waals surface area contributed by atoms with Crippen LogP contribution in [0.4, 0.5) is 0 Å². The third kappa shape index (κ3) is 0.639. The quantitative estimate of drug-likeness (QED) is 0.475. The first kappa shape index (κ1) is 6.71. The molecule has 12 heavy (non-hydrogen) atoms. The highest BCUT2D eigenvalue weighted by Gasteiger charge is 2.48. The van der Waals surface area contributed by atoms with Gasteiger partial charge in [-0.2, -0.15) is 0 Å².